The Hall–Kier alpha value is -1.07. The highest BCUT2D eigenvalue weighted by atomic mass is 79.9. The number of aliphatic hydroxyl groups is 1. The molecule has 0 radical (unpaired) electrons. The Bertz CT molecular complexity index is 419. The number of nitrogens with one attached hydrogen (secondary N) is 1. The third-order valence-corrected chi connectivity index (χ3v) is 2.72. The smallest absolute Gasteiger partial charge is 0.258 e. The molecule has 1 rings (SSSR count). The van der Waals surface area contributed by atoms with E-state index in [1.165, 1.54) is 0 Å². The fourth-order valence-corrected chi connectivity index (χ4v) is 1.86. The fourth-order valence-electron chi connectivity index (χ4n) is 1.48. The molecule has 5 heteroatoms. The minimum Gasteiger partial charge on any atom is -0.483 e. The molecule has 0 aliphatic heterocycles. The maximum absolute atomic E-state index is 11.5. The van der Waals surface area contributed by atoms with Crippen molar-refractivity contribution < 1.29 is 14.6 Å². The van der Waals surface area contributed by atoms with E-state index in [2.05, 4.69) is 21.2 Å². The number of carbonyl (C=O) groups is 1. The molecule has 1 amide bonds. The predicted octanol–water partition coefficient (Wildman–Crippen LogP) is 2.41. The second kappa shape index (κ2) is 6.75. The van der Waals surface area contributed by atoms with Crippen molar-refractivity contribution in [2.75, 3.05) is 6.61 Å². The van der Waals surface area contributed by atoms with Crippen LogP contribution >= 0.6 is 15.9 Å². The van der Waals surface area contributed by atoms with Gasteiger partial charge in [0.25, 0.3) is 5.91 Å². The summed E-state index contributed by atoms with van der Waals surface area (Å²) in [5, 5.41) is 12.4. The number of benzene rings is 1. The molecule has 0 aromatic heterocycles. The molecule has 0 aliphatic rings. The summed E-state index contributed by atoms with van der Waals surface area (Å²) in [4.78, 5) is 11.5. The van der Waals surface area contributed by atoms with Crippen LogP contribution in [-0.4, -0.2) is 23.7 Å². The van der Waals surface area contributed by atoms with Crippen LogP contribution in [0.3, 0.4) is 0 Å². The number of amides is 1. The van der Waals surface area contributed by atoms with Crippen LogP contribution in [0.2, 0.25) is 0 Å². The minimum absolute atomic E-state index is 0.0560. The number of rotatable bonds is 5. The molecule has 0 unspecified atom stereocenters. The first-order chi connectivity index (χ1) is 8.40. The van der Waals surface area contributed by atoms with Gasteiger partial charge in [-0.1, -0.05) is 15.9 Å². The SMILES string of the molecule is CC(C)NC(=O)COc1ccc(Br)cc1[C@H](C)O. The maximum atomic E-state index is 11.5. The van der Waals surface area contributed by atoms with Crippen molar-refractivity contribution >= 4 is 21.8 Å². The summed E-state index contributed by atoms with van der Waals surface area (Å²) in [6, 6.07) is 5.40. The lowest BCUT2D eigenvalue weighted by Crippen LogP contribution is -2.34. The van der Waals surface area contributed by atoms with Crippen molar-refractivity contribution in [3.8, 4) is 5.75 Å². The Morgan fingerprint density at radius 2 is 2.11 bits per heavy atom. The molecule has 100 valence electrons. The maximum Gasteiger partial charge on any atom is 0.258 e. The third kappa shape index (κ3) is 4.66. The Kier molecular flexibility index (Phi) is 5.62. The summed E-state index contributed by atoms with van der Waals surface area (Å²) in [6.45, 7) is 5.37. The molecule has 1 aromatic rings. The van der Waals surface area contributed by atoms with Gasteiger partial charge in [0.15, 0.2) is 6.61 Å². The van der Waals surface area contributed by atoms with Gasteiger partial charge in [0.1, 0.15) is 5.75 Å². The molecule has 18 heavy (non-hydrogen) atoms. The number of hydrogen-bond acceptors (Lipinski definition) is 3. The summed E-state index contributed by atoms with van der Waals surface area (Å²) in [5.41, 5.74) is 0.654. The molecule has 1 atom stereocenters. The molecule has 0 spiro atoms. The van der Waals surface area contributed by atoms with Gasteiger partial charge in [-0.05, 0) is 39.0 Å². The van der Waals surface area contributed by atoms with Gasteiger partial charge in [0.2, 0.25) is 0 Å². The van der Waals surface area contributed by atoms with E-state index in [9.17, 15) is 9.90 Å². The van der Waals surface area contributed by atoms with Crippen LogP contribution in [0.4, 0.5) is 0 Å². The summed E-state index contributed by atoms with van der Waals surface area (Å²) >= 11 is 3.33. The van der Waals surface area contributed by atoms with Gasteiger partial charge >= 0.3 is 0 Å². The zero-order valence-electron chi connectivity index (χ0n) is 10.7. The van der Waals surface area contributed by atoms with E-state index in [4.69, 9.17) is 4.74 Å². The first-order valence-electron chi connectivity index (χ1n) is 5.80. The second-order valence-corrected chi connectivity index (χ2v) is 5.28. The Morgan fingerprint density at radius 3 is 2.67 bits per heavy atom. The molecule has 0 fully saturated rings. The topological polar surface area (TPSA) is 58.6 Å². The highest BCUT2D eigenvalue weighted by molar-refractivity contribution is 9.10. The van der Waals surface area contributed by atoms with Gasteiger partial charge in [0, 0.05) is 16.1 Å². The van der Waals surface area contributed by atoms with Crippen LogP contribution in [0, 0.1) is 0 Å². The van der Waals surface area contributed by atoms with E-state index in [0.717, 1.165) is 4.47 Å². The van der Waals surface area contributed by atoms with Crippen molar-refractivity contribution in [1.29, 1.82) is 0 Å². The summed E-state index contributed by atoms with van der Waals surface area (Å²) in [7, 11) is 0. The second-order valence-electron chi connectivity index (χ2n) is 4.37. The highest BCUT2D eigenvalue weighted by Crippen LogP contribution is 2.28. The van der Waals surface area contributed by atoms with Crippen LogP contribution in [0.25, 0.3) is 0 Å². The molecule has 0 saturated heterocycles. The molecule has 1 aromatic carbocycles. The van der Waals surface area contributed by atoms with E-state index in [1.54, 1.807) is 19.1 Å². The van der Waals surface area contributed by atoms with Gasteiger partial charge in [-0.15, -0.1) is 0 Å². The largest absolute Gasteiger partial charge is 0.483 e. The van der Waals surface area contributed by atoms with Crippen molar-refractivity contribution in [3.05, 3.63) is 28.2 Å². The van der Waals surface area contributed by atoms with Crippen LogP contribution in [-0.2, 0) is 4.79 Å². The quantitative estimate of drug-likeness (QED) is 0.877. The third-order valence-electron chi connectivity index (χ3n) is 2.23. The molecular weight excluding hydrogens is 298 g/mol. The summed E-state index contributed by atoms with van der Waals surface area (Å²) < 4.78 is 6.28. The van der Waals surface area contributed by atoms with Gasteiger partial charge in [-0.25, -0.2) is 0 Å². The lowest BCUT2D eigenvalue weighted by Gasteiger charge is -2.14. The van der Waals surface area contributed by atoms with E-state index >= 15 is 0 Å². The van der Waals surface area contributed by atoms with Crippen molar-refractivity contribution in [2.24, 2.45) is 0 Å². The zero-order valence-corrected chi connectivity index (χ0v) is 12.3. The number of carbonyl (C=O) groups excluding carboxylic acids is 1. The summed E-state index contributed by atoms with van der Waals surface area (Å²) in [6.07, 6.45) is -0.648. The number of ether oxygens (including phenoxy) is 1. The monoisotopic (exact) mass is 315 g/mol. The average molecular weight is 316 g/mol. The zero-order chi connectivity index (χ0) is 13.7. The normalized spacial score (nSPS) is 12.3. The standard InChI is InChI=1S/C13H18BrNO3/c1-8(2)15-13(17)7-18-12-5-4-10(14)6-11(12)9(3)16/h4-6,8-9,16H,7H2,1-3H3,(H,15,17)/t9-/m0/s1. The van der Waals surface area contributed by atoms with Crippen LogP contribution < -0.4 is 10.1 Å². The first kappa shape index (κ1) is 15.0. The van der Waals surface area contributed by atoms with E-state index in [0.29, 0.717) is 11.3 Å². The number of halogens is 1. The average Bonchev–Trinajstić information content (AvgIpc) is 2.26. The van der Waals surface area contributed by atoms with Crippen LogP contribution in [0.1, 0.15) is 32.4 Å². The van der Waals surface area contributed by atoms with Gasteiger partial charge in [0.05, 0.1) is 6.10 Å². The van der Waals surface area contributed by atoms with Gasteiger partial charge in [-0.3, -0.25) is 4.79 Å². The lowest BCUT2D eigenvalue weighted by atomic mass is 10.1. The molecule has 0 bridgehead atoms. The van der Waals surface area contributed by atoms with Crippen molar-refractivity contribution in [2.45, 2.75) is 32.9 Å². The molecule has 4 nitrogen and oxygen atoms in total. The Balaban J connectivity index is 2.70. The molecule has 0 saturated carbocycles. The number of hydrogen-bond donors (Lipinski definition) is 2. The van der Waals surface area contributed by atoms with E-state index in [1.807, 2.05) is 19.9 Å². The fraction of sp³-hybridized carbons (Fsp3) is 0.462. The molecule has 0 heterocycles. The first-order valence-corrected chi connectivity index (χ1v) is 6.59. The van der Waals surface area contributed by atoms with Crippen molar-refractivity contribution in [1.82, 2.24) is 5.32 Å². The highest BCUT2D eigenvalue weighted by Gasteiger charge is 2.11. The van der Waals surface area contributed by atoms with E-state index < -0.39 is 6.10 Å². The van der Waals surface area contributed by atoms with E-state index in [-0.39, 0.29) is 18.6 Å². The van der Waals surface area contributed by atoms with Gasteiger partial charge in [-0.2, -0.15) is 0 Å². The Labute approximate surface area is 115 Å². The number of aliphatic hydroxyl groups excluding tert-OH is 1. The summed E-state index contributed by atoms with van der Waals surface area (Å²) in [5.74, 6) is 0.344. The molecular formula is C13H18BrNO3. The minimum atomic E-state index is -0.648. The Morgan fingerprint density at radius 1 is 1.44 bits per heavy atom. The van der Waals surface area contributed by atoms with Crippen LogP contribution in [0.5, 0.6) is 5.75 Å². The predicted molar refractivity (Wildman–Crippen MR) is 73.5 cm³/mol. The van der Waals surface area contributed by atoms with Gasteiger partial charge < -0.3 is 15.2 Å². The van der Waals surface area contributed by atoms with Crippen LogP contribution in [0.15, 0.2) is 22.7 Å². The van der Waals surface area contributed by atoms with Crippen molar-refractivity contribution in [3.63, 3.8) is 0 Å². The molecule has 0 aliphatic carbocycles. The molecule has 2 N–H and O–H groups in total. The lowest BCUT2D eigenvalue weighted by molar-refractivity contribution is -0.123.